The zero-order valence-electron chi connectivity index (χ0n) is 17.3. The van der Waals surface area contributed by atoms with E-state index in [1.807, 2.05) is 30.3 Å². The van der Waals surface area contributed by atoms with Crippen LogP contribution in [0.15, 0.2) is 78.9 Å². The fourth-order valence-corrected chi connectivity index (χ4v) is 3.87. The zero-order valence-corrected chi connectivity index (χ0v) is 18.0. The molecule has 3 aromatic carbocycles. The van der Waals surface area contributed by atoms with Crippen molar-refractivity contribution >= 4 is 40.7 Å². The number of hydrogen-bond donors (Lipinski definition) is 2. The maximum absolute atomic E-state index is 12.6. The lowest BCUT2D eigenvalue weighted by atomic mass is 10.1. The third-order valence-electron chi connectivity index (χ3n) is 5.30. The number of anilines is 2. The highest BCUT2D eigenvalue weighted by Gasteiger charge is 2.35. The SMILES string of the molecule is O=C(Nc1ccccc1)c1cccc(N2CC(C(=O)NCc3cccc(Cl)c3)CC2=O)c1. The molecule has 3 aromatic rings. The molecule has 1 saturated heterocycles. The van der Waals surface area contributed by atoms with Gasteiger partial charge in [-0.25, -0.2) is 0 Å². The van der Waals surface area contributed by atoms with Crippen molar-refractivity contribution in [3.8, 4) is 0 Å². The Labute approximate surface area is 191 Å². The van der Waals surface area contributed by atoms with Gasteiger partial charge in [0.25, 0.3) is 5.91 Å². The van der Waals surface area contributed by atoms with Crippen LogP contribution in [0.25, 0.3) is 0 Å². The summed E-state index contributed by atoms with van der Waals surface area (Å²) in [7, 11) is 0. The molecular weight excluding hydrogens is 426 g/mol. The van der Waals surface area contributed by atoms with Gasteiger partial charge in [-0.15, -0.1) is 0 Å². The van der Waals surface area contributed by atoms with Gasteiger partial charge in [-0.1, -0.05) is 48.0 Å². The highest BCUT2D eigenvalue weighted by atomic mass is 35.5. The van der Waals surface area contributed by atoms with Gasteiger partial charge in [0.05, 0.1) is 5.92 Å². The van der Waals surface area contributed by atoms with Crippen molar-refractivity contribution in [2.75, 3.05) is 16.8 Å². The number of carbonyl (C=O) groups excluding carboxylic acids is 3. The summed E-state index contributed by atoms with van der Waals surface area (Å²) in [6, 6.07) is 23.3. The summed E-state index contributed by atoms with van der Waals surface area (Å²) < 4.78 is 0. The van der Waals surface area contributed by atoms with E-state index in [0.717, 1.165) is 5.56 Å². The van der Waals surface area contributed by atoms with E-state index in [4.69, 9.17) is 11.6 Å². The molecule has 1 fully saturated rings. The standard InChI is InChI=1S/C25H22ClN3O3/c26-20-8-4-6-17(12-20)15-27-24(31)19-14-23(30)29(16-19)22-11-5-7-18(13-22)25(32)28-21-9-2-1-3-10-21/h1-13,19H,14-16H2,(H,27,31)(H,28,32). The van der Waals surface area contributed by atoms with Gasteiger partial charge in [0.15, 0.2) is 0 Å². The van der Waals surface area contributed by atoms with Gasteiger partial charge in [-0.3, -0.25) is 14.4 Å². The normalized spacial score (nSPS) is 15.5. The van der Waals surface area contributed by atoms with Crippen LogP contribution in [0, 0.1) is 5.92 Å². The monoisotopic (exact) mass is 447 g/mol. The summed E-state index contributed by atoms with van der Waals surface area (Å²) in [5.41, 5.74) is 2.62. The molecule has 6 nitrogen and oxygen atoms in total. The number of nitrogens with one attached hydrogen (secondary N) is 2. The van der Waals surface area contributed by atoms with E-state index in [2.05, 4.69) is 10.6 Å². The Bertz CT molecular complexity index is 1150. The number of benzene rings is 3. The van der Waals surface area contributed by atoms with Gasteiger partial charge in [0, 0.05) is 41.5 Å². The lowest BCUT2D eigenvalue weighted by Crippen LogP contribution is -2.32. The van der Waals surface area contributed by atoms with Gasteiger partial charge in [-0.2, -0.15) is 0 Å². The minimum atomic E-state index is -0.455. The van der Waals surface area contributed by atoms with Gasteiger partial charge in [0.1, 0.15) is 0 Å². The molecular formula is C25H22ClN3O3. The molecule has 2 N–H and O–H groups in total. The average molecular weight is 448 g/mol. The third kappa shape index (κ3) is 5.15. The predicted molar refractivity (Wildman–Crippen MR) is 125 cm³/mol. The van der Waals surface area contributed by atoms with E-state index in [0.29, 0.717) is 28.5 Å². The first-order chi connectivity index (χ1) is 15.5. The molecule has 162 valence electrons. The molecule has 3 amide bonds. The molecule has 7 heteroatoms. The van der Waals surface area contributed by atoms with Crippen molar-refractivity contribution in [2.45, 2.75) is 13.0 Å². The van der Waals surface area contributed by atoms with E-state index < -0.39 is 5.92 Å². The minimum absolute atomic E-state index is 0.127. The van der Waals surface area contributed by atoms with Gasteiger partial charge in [-0.05, 0) is 48.0 Å². The van der Waals surface area contributed by atoms with E-state index in [1.165, 1.54) is 0 Å². The summed E-state index contributed by atoms with van der Waals surface area (Å²) >= 11 is 5.98. The number of para-hydroxylation sites is 1. The second-order valence-electron chi connectivity index (χ2n) is 7.62. The molecule has 0 bridgehead atoms. The molecule has 0 spiro atoms. The van der Waals surface area contributed by atoms with Crippen LogP contribution in [0.3, 0.4) is 0 Å². The number of amides is 3. The molecule has 0 aromatic heterocycles. The fraction of sp³-hybridized carbons (Fsp3) is 0.160. The second-order valence-corrected chi connectivity index (χ2v) is 8.06. The van der Waals surface area contributed by atoms with E-state index >= 15 is 0 Å². The zero-order chi connectivity index (χ0) is 22.5. The van der Waals surface area contributed by atoms with Crippen molar-refractivity contribution in [1.29, 1.82) is 0 Å². The lowest BCUT2D eigenvalue weighted by molar-refractivity contribution is -0.126. The quantitative estimate of drug-likeness (QED) is 0.592. The van der Waals surface area contributed by atoms with Crippen LogP contribution in [-0.2, 0) is 16.1 Å². The molecule has 1 atom stereocenters. The maximum atomic E-state index is 12.6. The van der Waals surface area contributed by atoms with Gasteiger partial charge >= 0.3 is 0 Å². The molecule has 4 rings (SSSR count). The van der Waals surface area contributed by atoms with Gasteiger partial charge in [0.2, 0.25) is 11.8 Å². The number of rotatable bonds is 6. The van der Waals surface area contributed by atoms with Crippen LogP contribution in [0.4, 0.5) is 11.4 Å². The molecule has 1 unspecified atom stereocenters. The number of nitrogens with zero attached hydrogens (tertiary/aromatic N) is 1. The molecule has 0 saturated carbocycles. The molecule has 0 radical (unpaired) electrons. The maximum Gasteiger partial charge on any atom is 0.255 e. The van der Waals surface area contributed by atoms with Crippen molar-refractivity contribution in [3.63, 3.8) is 0 Å². The summed E-state index contributed by atoms with van der Waals surface area (Å²) in [4.78, 5) is 39.4. The van der Waals surface area contributed by atoms with Crippen LogP contribution in [0.1, 0.15) is 22.3 Å². The van der Waals surface area contributed by atoms with Crippen LogP contribution < -0.4 is 15.5 Å². The van der Waals surface area contributed by atoms with E-state index in [1.54, 1.807) is 53.4 Å². The summed E-state index contributed by atoms with van der Waals surface area (Å²) in [5, 5.41) is 6.32. The molecule has 32 heavy (non-hydrogen) atoms. The minimum Gasteiger partial charge on any atom is -0.352 e. The fourth-order valence-electron chi connectivity index (χ4n) is 3.65. The van der Waals surface area contributed by atoms with Crippen LogP contribution in [0.5, 0.6) is 0 Å². The second kappa shape index (κ2) is 9.66. The Morgan fingerprint density at radius 3 is 2.53 bits per heavy atom. The van der Waals surface area contributed by atoms with Crippen molar-refractivity contribution in [2.24, 2.45) is 5.92 Å². The first-order valence-electron chi connectivity index (χ1n) is 10.3. The van der Waals surface area contributed by atoms with E-state index in [-0.39, 0.29) is 30.7 Å². The summed E-state index contributed by atoms with van der Waals surface area (Å²) in [5.74, 6) is -1.05. The third-order valence-corrected chi connectivity index (χ3v) is 5.54. The molecule has 1 aliphatic rings. The van der Waals surface area contributed by atoms with E-state index in [9.17, 15) is 14.4 Å². The first kappa shape index (κ1) is 21.6. The molecule has 1 aliphatic heterocycles. The predicted octanol–water partition coefficient (Wildman–Crippen LogP) is 4.26. The summed E-state index contributed by atoms with van der Waals surface area (Å²) in [6.45, 7) is 0.614. The van der Waals surface area contributed by atoms with Crippen LogP contribution >= 0.6 is 11.6 Å². The Hall–Kier alpha value is -3.64. The Morgan fingerprint density at radius 1 is 0.969 bits per heavy atom. The summed E-state index contributed by atoms with van der Waals surface area (Å²) in [6.07, 6.45) is 0.127. The Balaban J connectivity index is 1.40. The molecule has 0 aliphatic carbocycles. The van der Waals surface area contributed by atoms with Crippen LogP contribution in [0.2, 0.25) is 5.02 Å². The van der Waals surface area contributed by atoms with Crippen molar-refractivity contribution < 1.29 is 14.4 Å². The van der Waals surface area contributed by atoms with Gasteiger partial charge < -0.3 is 15.5 Å². The lowest BCUT2D eigenvalue weighted by Gasteiger charge is -2.18. The smallest absolute Gasteiger partial charge is 0.255 e. The van der Waals surface area contributed by atoms with Crippen molar-refractivity contribution in [3.05, 3.63) is 95.0 Å². The highest BCUT2D eigenvalue weighted by molar-refractivity contribution is 6.30. The number of hydrogen-bond acceptors (Lipinski definition) is 3. The largest absolute Gasteiger partial charge is 0.352 e. The Kier molecular flexibility index (Phi) is 6.52. The molecule has 1 heterocycles. The number of carbonyl (C=O) groups is 3. The van der Waals surface area contributed by atoms with Crippen LogP contribution in [-0.4, -0.2) is 24.3 Å². The topological polar surface area (TPSA) is 78.5 Å². The first-order valence-corrected chi connectivity index (χ1v) is 10.7. The average Bonchev–Trinajstić information content (AvgIpc) is 3.20. The Morgan fingerprint density at radius 2 is 1.75 bits per heavy atom. The van der Waals surface area contributed by atoms with Crippen molar-refractivity contribution in [1.82, 2.24) is 5.32 Å². The number of halogens is 1. The highest BCUT2D eigenvalue weighted by Crippen LogP contribution is 2.26.